The number of aliphatic imine (C=N–C) groups is 2. The molecule has 0 atom stereocenters. The van der Waals surface area contributed by atoms with Crippen molar-refractivity contribution in [1.82, 2.24) is 14.7 Å². The minimum atomic E-state index is 0.686. The van der Waals surface area contributed by atoms with E-state index in [4.69, 9.17) is 21.6 Å². The van der Waals surface area contributed by atoms with Gasteiger partial charge in [-0.3, -0.25) is 4.99 Å². The summed E-state index contributed by atoms with van der Waals surface area (Å²) in [5.74, 6) is 2.80. The minimum Gasteiger partial charge on any atom is -0.305 e. The number of aromatic nitrogens is 2. The van der Waals surface area contributed by atoms with Crippen LogP contribution in [0.5, 0.6) is 0 Å². The van der Waals surface area contributed by atoms with Crippen LogP contribution in [0.25, 0.3) is 5.69 Å². The van der Waals surface area contributed by atoms with Crippen LogP contribution in [0.4, 0.5) is 5.82 Å². The van der Waals surface area contributed by atoms with Gasteiger partial charge in [-0.2, -0.15) is 5.10 Å². The lowest BCUT2D eigenvalue weighted by atomic mass is 10.2. The van der Waals surface area contributed by atoms with Crippen molar-refractivity contribution in [2.75, 3.05) is 18.8 Å². The molecular weight excluding hydrogens is 330 g/mol. The lowest BCUT2D eigenvalue weighted by Crippen LogP contribution is -2.41. The fourth-order valence-electron chi connectivity index (χ4n) is 2.82. The molecule has 23 heavy (non-hydrogen) atoms. The van der Waals surface area contributed by atoms with Gasteiger partial charge in [0.05, 0.1) is 17.4 Å². The molecule has 1 aromatic carbocycles. The highest BCUT2D eigenvalue weighted by Crippen LogP contribution is 2.33. The highest BCUT2D eigenvalue weighted by molar-refractivity contribution is 8.13. The zero-order valence-electron chi connectivity index (χ0n) is 12.7. The molecule has 7 heteroatoms. The van der Waals surface area contributed by atoms with Crippen LogP contribution in [-0.4, -0.2) is 44.5 Å². The van der Waals surface area contributed by atoms with Crippen molar-refractivity contribution in [3.63, 3.8) is 0 Å². The second kappa shape index (κ2) is 6.02. The van der Waals surface area contributed by atoms with Gasteiger partial charge in [0.2, 0.25) is 0 Å². The standard InChI is InChI=1S/C16H16ClN5S/c1-2-23-16-20-15-13(14-18-7-4-8-21(14)16)10-19-22(15)12-6-3-5-11(17)9-12/h3,5-6,9-10H,2,4,7-8H2,1H3. The lowest BCUT2D eigenvalue weighted by Gasteiger charge is -2.32. The molecule has 0 amide bonds. The Kier molecular flexibility index (Phi) is 3.87. The molecule has 0 N–H and O–H groups in total. The molecule has 0 fully saturated rings. The van der Waals surface area contributed by atoms with Gasteiger partial charge in [-0.15, -0.1) is 0 Å². The molecular formula is C16H16ClN5S. The molecule has 0 saturated heterocycles. The van der Waals surface area contributed by atoms with Gasteiger partial charge in [0.15, 0.2) is 11.0 Å². The van der Waals surface area contributed by atoms with Gasteiger partial charge in [0.25, 0.3) is 0 Å². The molecule has 0 saturated carbocycles. The van der Waals surface area contributed by atoms with Crippen LogP contribution in [0.2, 0.25) is 5.02 Å². The second-order valence-corrected chi connectivity index (χ2v) is 6.98. The monoisotopic (exact) mass is 345 g/mol. The van der Waals surface area contributed by atoms with Gasteiger partial charge in [0, 0.05) is 18.1 Å². The summed E-state index contributed by atoms with van der Waals surface area (Å²) in [4.78, 5) is 11.8. The van der Waals surface area contributed by atoms with E-state index >= 15 is 0 Å². The Labute approximate surface area is 144 Å². The van der Waals surface area contributed by atoms with Crippen molar-refractivity contribution in [3.8, 4) is 5.69 Å². The summed E-state index contributed by atoms with van der Waals surface area (Å²) in [6.45, 7) is 3.96. The third-order valence-corrected chi connectivity index (χ3v) is 4.89. The van der Waals surface area contributed by atoms with E-state index in [0.29, 0.717) is 5.02 Å². The van der Waals surface area contributed by atoms with E-state index in [2.05, 4.69) is 16.9 Å². The number of halogens is 1. The number of hydrogen-bond acceptors (Lipinski definition) is 5. The Morgan fingerprint density at radius 1 is 1.35 bits per heavy atom. The number of fused-ring (bicyclic) bond motifs is 3. The van der Waals surface area contributed by atoms with Crippen molar-refractivity contribution >= 4 is 40.2 Å². The van der Waals surface area contributed by atoms with E-state index in [-0.39, 0.29) is 0 Å². The fourth-order valence-corrected chi connectivity index (χ4v) is 3.74. The average Bonchev–Trinajstić information content (AvgIpc) is 2.99. The van der Waals surface area contributed by atoms with Crippen molar-refractivity contribution in [3.05, 3.63) is 41.0 Å². The fraction of sp³-hybridized carbons (Fsp3) is 0.312. The molecule has 0 radical (unpaired) electrons. The normalized spacial score (nSPS) is 16.5. The zero-order valence-corrected chi connectivity index (χ0v) is 14.3. The predicted octanol–water partition coefficient (Wildman–Crippen LogP) is 3.73. The molecule has 0 spiro atoms. The SMILES string of the molecule is CCSC1=Nc2c(cnn2-c2cccc(Cl)c2)C2=NCCCN12. The van der Waals surface area contributed by atoms with Crippen molar-refractivity contribution < 1.29 is 0 Å². The topological polar surface area (TPSA) is 45.8 Å². The number of rotatable bonds is 2. The van der Waals surface area contributed by atoms with E-state index in [1.807, 2.05) is 35.1 Å². The van der Waals surface area contributed by atoms with Gasteiger partial charge < -0.3 is 4.90 Å². The first kappa shape index (κ1) is 14.8. The molecule has 3 heterocycles. The molecule has 0 unspecified atom stereocenters. The van der Waals surface area contributed by atoms with E-state index in [9.17, 15) is 0 Å². The third kappa shape index (κ3) is 2.56. The van der Waals surface area contributed by atoms with Crippen LogP contribution in [-0.2, 0) is 0 Å². The van der Waals surface area contributed by atoms with Crippen LogP contribution in [0.15, 0.2) is 40.4 Å². The molecule has 0 aliphatic carbocycles. The molecule has 2 aromatic rings. The van der Waals surface area contributed by atoms with E-state index in [0.717, 1.165) is 53.3 Å². The number of amidine groups is 2. The Morgan fingerprint density at radius 3 is 3.09 bits per heavy atom. The Balaban J connectivity index is 1.87. The summed E-state index contributed by atoms with van der Waals surface area (Å²) in [7, 11) is 0. The zero-order chi connectivity index (χ0) is 15.8. The Hall–Kier alpha value is -1.79. The quantitative estimate of drug-likeness (QED) is 0.833. The first-order chi connectivity index (χ1) is 11.3. The lowest BCUT2D eigenvalue weighted by molar-refractivity contribution is 0.554. The first-order valence-electron chi connectivity index (χ1n) is 7.65. The van der Waals surface area contributed by atoms with E-state index < -0.39 is 0 Å². The molecule has 118 valence electrons. The van der Waals surface area contributed by atoms with Crippen molar-refractivity contribution in [2.45, 2.75) is 13.3 Å². The smallest absolute Gasteiger partial charge is 0.171 e. The second-order valence-electron chi connectivity index (χ2n) is 5.31. The summed E-state index contributed by atoms with van der Waals surface area (Å²) >= 11 is 7.86. The highest BCUT2D eigenvalue weighted by Gasteiger charge is 2.31. The Morgan fingerprint density at radius 2 is 2.26 bits per heavy atom. The summed E-state index contributed by atoms with van der Waals surface area (Å²) in [6.07, 6.45) is 2.91. The maximum absolute atomic E-state index is 6.12. The molecule has 2 aliphatic rings. The molecule has 5 nitrogen and oxygen atoms in total. The largest absolute Gasteiger partial charge is 0.305 e. The van der Waals surface area contributed by atoms with E-state index in [1.165, 1.54) is 0 Å². The Bertz CT molecular complexity index is 811. The van der Waals surface area contributed by atoms with Crippen molar-refractivity contribution in [2.24, 2.45) is 9.98 Å². The van der Waals surface area contributed by atoms with Crippen LogP contribution in [0.3, 0.4) is 0 Å². The number of benzene rings is 1. The summed E-state index contributed by atoms with van der Waals surface area (Å²) in [6, 6.07) is 7.66. The van der Waals surface area contributed by atoms with Crippen molar-refractivity contribution in [1.29, 1.82) is 0 Å². The predicted molar refractivity (Wildman–Crippen MR) is 96.5 cm³/mol. The van der Waals surface area contributed by atoms with Crippen LogP contribution < -0.4 is 0 Å². The van der Waals surface area contributed by atoms with Gasteiger partial charge in [0.1, 0.15) is 5.84 Å². The molecule has 0 bridgehead atoms. The van der Waals surface area contributed by atoms with Gasteiger partial charge >= 0.3 is 0 Å². The summed E-state index contributed by atoms with van der Waals surface area (Å²) < 4.78 is 1.84. The molecule has 1 aromatic heterocycles. The summed E-state index contributed by atoms with van der Waals surface area (Å²) in [5.41, 5.74) is 1.90. The first-order valence-corrected chi connectivity index (χ1v) is 9.02. The molecule has 4 rings (SSSR count). The van der Waals surface area contributed by atoms with E-state index in [1.54, 1.807) is 11.8 Å². The van der Waals surface area contributed by atoms with Crippen LogP contribution >= 0.6 is 23.4 Å². The van der Waals surface area contributed by atoms with Gasteiger partial charge in [-0.25, -0.2) is 9.67 Å². The number of hydrogen-bond donors (Lipinski definition) is 0. The van der Waals surface area contributed by atoms with Crippen LogP contribution in [0.1, 0.15) is 18.9 Å². The highest BCUT2D eigenvalue weighted by atomic mass is 35.5. The van der Waals surface area contributed by atoms with Crippen LogP contribution in [0, 0.1) is 0 Å². The number of thioether (sulfide) groups is 1. The third-order valence-electron chi connectivity index (χ3n) is 3.80. The maximum atomic E-state index is 6.12. The maximum Gasteiger partial charge on any atom is 0.171 e. The number of nitrogens with zero attached hydrogens (tertiary/aromatic N) is 5. The average molecular weight is 346 g/mol. The minimum absolute atomic E-state index is 0.686. The summed E-state index contributed by atoms with van der Waals surface area (Å²) in [5, 5.41) is 6.22. The van der Waals surface area contributed by atoms with Gasteiger partial charge in [-0.05, 0) is 30.4 Å². The molecule has 2 aliphatic heterocycles. The van der Waals surface area contributed by atoms with Gasteiger partial charge in [-0.1, -0.05) is 36.4 Å².